The topological polar surface area (TPSA) is 76.7 Å². The predicted octanol–water partition coefficient (Wildman–Crippen LogP) is 0.530. The number of aromatic hydroxyl groups is 1. The highest BCUT2D eigenvalue weighted by Gasteiger charge is 2.15. The van der Waals surface area contributed by atoms with Gasteiger partial charge in [0.05, 0.1) is 13.3 Å². The third-order valence-electron chi connectivity index (χ3n) is 2.00. The van der Waals surface area contributed by atoms with Crippen LogP contribution in [0.3, 0.4) is 0 Å². The van der Waals surface area contributed by atoms with Crippen LogP contribution in [0.15, 0.2) is 12.3 Å². The van der Waals surface area contributed by atoms with Gasteiger partial charge < -0.3 is 9.84 Å². The molecular weight excluding hydrogens is 198 g/mol. The fourth-order valence-electron chi connectivity index (χ4n) is 1.37. The third-order valence-corrected chi connectivity index (χ3v) is 2.00. The largest absolute Gasteiger partial charge is 0.480 e. The zero-order valence-corrected chi connectivity index (χ0v) is 8.26. The first kappa shape index (κ1) is 9.45. The number of imidazole rings is 1. The second-order valence-electron chi connectivity index (χ2n) is 3.03. The van der Waals surface area contributed by atoms with Gasteiger partial charge in [0, 0.05) is 5.69 Å². The molecule has 0 spiro atoms. The lowest BCUT2D eigenvalue weighted by atomic mass is 10.3. The molecule has 15 heavy (non-hydrogen) atoms. The van der Waals surface area contributed by atoms with E-state index in [4.69, 9.17) is 0 Å². The van der Waals surface area contributed by atoms with E-state index >= 15 is 0 Å². The van der Waals surface area contributed by atoms with Gasteiger partial charge in [0.1, 0.15) is 5.69 Å². The van der Waals surface area contributed by atoms with Gasteiger partial charge in [-0.3, -0.25) is 0 Å². The van der Waals surface area contributed by atoms with E-state index in [1.807, 2.05) is 0 Å². The molecule has 0 fully saturated rings. The number of fused-ring (bicyclic) bond motifs is 1. The van der Waals surface area contributed by atoms with Gasteiger partial charge in [0.25, 0.3) is 6.01 Å². The van der Waals surface area contributed by atoms with Crippen molar-refractivity contribution in [3.63, 3.8) is 0 Å². The maximum Gasteiger partial charge on any atom is 0.355 e. The van der Waals surface area contributed by atoms with Gasteiger partial charge in [0.2, 0.25) is 0 Å². The van der Waals surface area contributed by atoms with Crippen LogP contribution in [-0.4, -0.2) is 32.6 Å². The maximum absolute atomic E-state index is 11.4. The summed E-state index contributed by atoms with van der Waals surface area (Å²) >= 11 is 0. The molecule has 2 heterocycles. The molecule has 0 aliphatic rings. The van der Waals surface area contributed by atoms with Crippen molar-refractivity contribution in [2.75, 3.05) is 7.11 Å². The molecule has 0 aliphatic carbocycles. The highest BCUT2D eigenvalue weighted by Crippen LogP contribution is 2.15. The van der Waals surface area contributed by atoms with E-state index in [1.54, 1.807) is 6.92 Å². The van der Waals surface area contributed by atoms with Crippen molar-refractivity contribution in [2.24, 2.45) is 0 Å². The van der Waals surface area contributed by atoms with Crippen LogP contribution >= 0.6 is 0 Å². The first-order valence-electron chi connectivity index (χ1n) is 4.26. The van der Waals surface area contributed by atoms with Crippen LogP contribution in [0.4, 0.5) is 0 Å². The fraction of sp³-hybridized carbons (Fsp3) is 0.222. The van der Waals surface area contributed by atoms with Gasteiger partial charge >= 0.3 is 5.97 Å². The maximum atomic E-state index is 11.4. The van der Waals surface area contributed by atoms with E-state index in [9.17, 15) is 9.90 Å². The van der Waals surface area contributed by atoms with E-state index in [1.165, 1.54) is 23.8 Å². The number of hydrogen-bond acceptors (Lipinski definition) is 5. The molecule has 0 aromatic carbocycles. The Morgan fingerprint density at radius 2 is 2.33 bits per heavy atom. The zero-order valence-electron chi connectivity index (χ0n) is 8.26. The fourth-order valence-corrected chi connectivity index (χ4v) is 1.37. The summed E-state index contributed by atoms with van der Waals surface area (Å²) in [6.45, 7) is 1.75. The van der Waals surface area contributed by atoms with Crippen LogP contribution in [0.25, 0.3) is 5.65 Å². The van der Waals surface area contributed by atoms with E-state index in [-0.39, 0.29) is 11.7 Å². The second-order valence-corrected chi connectivity index (χ2v) is 3.03. The molecule has 0 aliphatic heterocycles. The van der Waals surface area contributed by atoms with Crippen LogP contribution in [-0.2, 0) is 4.74 Å². The molecule has 0 saturated heterocycles. The van der Waals surface area contributed by atoms with Crippen molar-refractivity contribution in [3.8, 4) is 6.01 Å². The summed E-state index contributed by atoms with van der Waals surface area (Å²) in [7, 11) is 1.28. The number of ether oxygens (including phenoxy) is 1. The van der Waals surface area contributed by atoms with E-state index in [0.717, 1.165) is 0 Å². The highest BCUT2D eigenvalue weighted by atomic mass is 16.5. The van der Waals surface area contributed by atoms with Crippen molar-refractivity contribution >= 4 is 11.6 Å². The van der Waals surface area contributed by atoms with Gasteiger partial charge in [-0.25, -0.2) is 19.2 Å². The molecule has 0 atom stereocenters. The second kappa shape index (κ2) is 3.23. The summed E-state index contributed by atoms with van der Waals surface area (Å²) < 4.78 is 5.83. The summed E-state index contributed by atoms with van der Waals surface area (Å²) in [5, 5.41) is 9.43. The number of carbonyl (C=O) groups is 1. The lowest BCUT2D eigenvalue weighted by molar-refractivity contribution is 0.0590. The molecule has 0 bridgehead atoms. The predicted molar refractivity (Wildman–Crippen MR) is 50.7 cm³/mol. The first-order valence-corrected chi connectivity index (χ1v) is 4.26. The Morgan fingerprint density at radius 3 is 3.00 bits per heavy atom. The molecule has 0 saturated carbocycles. The van der Waals surface area contributed by atoms with Gasteiger partial charge in [-0.15, -0.1) is 0 Å². The SMILES string of the molecule is COC(=O)c1cc(C)nc2cnc(O)n12. The van der Waals surface area contributed by atoms with Crippen LogP contribution in [0, 0.1) is 6.92 Å². The molecule has 78 valence electrons. The highest BCUT2D eigenvalue weighted by molar-refractivity contribution is 5.88. The molecule has 6 heteroatoms. The standard InChI is InChI=1S/C9H9N3O3/c1-5-3-6(8(13)15-2)12-7(11-5)4-10-9(12)14/h3-4H,1-2H3,(H,10,14). The monoisotopic (exact) mass is 207 g/mol. The summed E-state index contributed by atoms with van der Waals surface area (Å²) in [5.41, 5.74) is 1.27. The van der Waals surface area contributed by atoms with Gasteiger partial charge in [-0.05, 0) is 13.0 Å². The van der Waals surface area contributed by atoms with Crippen LogP contribution in [0.1, 0.15) is 16.2 Å². The van der Waals surface area contributed by atoms with Gasteiger partial charge in [0.15, 0.2) is 5.65 Å². The van der Waals surface area contributed by atoms with Crippen molar-refractivity contribution < 1.29 is 14.6 Å². The minimum atomic E-state index is -0.543. The lowest BCUT2D eigenvalue weighted by Crippen LogP contribution is -2.09. The van der Waals surface area contributed by atoms with E-state index in [2.05, 4.69) is 14.7 Å². The minimum absolute atomic E-state index is 0.204. The summed E-state index contributed by atoms with van der Waals surface area (Å²) in [4.78, 5) is 19.2. The van der Waals surface area contributed by atoms with Crippen molar-refractivity contribution in [3.05, 3.63) is 23.7 Å². The number of aromatic nitrogens is 3. The molecule has 0 amide bonds. The Labute approximate surface area is 85.2 Å². The van der Waals surface area contributed by atoms with Gasteiger partial charge in [-0.1, -0.05) is 0 Å². The first-order chi connectivity index (χ1) is 7.13. The Balaban J connectivity index is 2.80. The minimum Gasteiger partial charge on any atom is -0.480 e. The molecule has 2 rings (SSSR count). The molecule has 1 N–H and O–H groups in total. The number of nitrogens with zero attached hydrogens (tertiary/aromatic N) is 3. The van der Waals surface area contributed by atoms with E-state index < -0.39 is 5.97 Å². The quantitative estimate of drug-likeness (QED) is 0.690. The van der Waals surface area contributed by atoms with E-state index in [0.29, 0.717) is 11.3 Å². The number of rotatable bonds is 1. The Morgan fingerprint density at radius 1 is 1.60 bits per heavy atom. The summed E-state index contributed by atoms with van der Waals surface area (Å²) in [5.74, 6) is -0.543. The average molecular weight is 207 g/mol. The third kappa shape index (κ3) is 1.39. The van der Waals surface area contributed by atoms with Crippen LogP contribution in [0.2, 0.25) is 0 Å². The average Bonchev–Trinajstić information content (AvgIpc) is 2.58. The van der Waals surface area contributed by atoms with Gasteiger partial charge in [-0.2, -0.15) is 0 Å². The number of hydrogen-bond donors (Lipinski definition) is 1. The molecular formula is C9H9N3O3. The van der Waals surface area contributed by atoms with Crippen LogP contribution in [0.5, 0.6) is 6.01 Å². The summed E-state index contributed by atoms with van der Waals surface area (Å²) in [6.07, 6.45) is 1.38. The van der Waals surface area contributed by atoms with Crippen LogP contribution < -0.4 is 0 Å². The molecule has 2 aromatic heterocycles. The lowest BCUT2D eigenvalue weighted by Gasteiger charge is -2.04. The Bertz CT molecular complexity index is 533. The number of carbonyl (C=O) groups excluding carboxylic acids is 1. The number of methoxy groups -OCH3 is 1. The molecule has 0 unspecified atom stereocenters. The molecule has 2 aromatic rings. The van der Waals surface area contributed by atoms with Crippen molar-refractivity contribution in [2.45, 2.75) is 6.92 Å². The zero-order chi connectivity index (χ0) is 11.0. The number of esters is 1. The Hall–Kier alpha value is -2.11. The normalized spacial score (nSPS) is 10.5. The number of aryl methyl sites for hydroxylation is 1. The molecule has 6 nitrogen and oxygen atoms in total. The van der Waals surface area contributed by atoms with Crippen molar-refractivity contribution in [1.29, 1.82) is 0 Å². The molecule has 0 radical (unpaired) electrons. The smallest absolute Gasteiger partial charge is 0.355 e. The van der Waals surface area contributed by atoms with Crippen molar-refractivity contribution in [1.82, 2.24) is 14.4 Å². The summed E-state index contributed by atoms with van der Waals surface area (Å²) in [6, 6.07) is 1.25. The Kier molecular flexibility index (Phi) is 2.03.